The van der Waals surface area contributed by atoms with E-state index in [-0.39, 0.29) is 48.8 Å². The molecule has 4 heterocycles. The number of halogens is 2. The number of fused-ring (bicyclic) bond motifs is 2. The number of benzene rings is 4. The molecule has 0 radical (unpaired) electrons. The molecular weight excluding hydrogens is 984 g/mol. The van der Waals surface area contributed by atoms with E-state index in [0.29, 0.717) is 90.0 Å². The molecule has 1 unspecified atom stereocenters. The van der Waals surface area contributed by atoms with Gasteiger partial charge in [0.15, 0.2) is 5.16 Å². The Kier molecular flexibility index (Phi) is 20.1. The van der Waals surface area contributed by atoms with Crippen molar-refractivity contribution in [1.82, 2.24) is 19.9 Å². The second kappa shape index (κ2) is 26.8. The Morgan fingerprint density at radius 2 is 1.00 bits per heavy atom. The van der Waals surface area contributed by atoms with Crippen molar-refractivity contribution in [2.75, 3.05) is 72.5 Å². The van der Waals surface area contributed by atoms with Crippen LogP contribution >= 0.6 is 35.0 Å². The second-order valence-corrected chi connectivity index (χ2v) is 19.2. The topological polar surface area (TPSA) is 153 Å². The van der Waals surface area contributed by atoms with Crippen LogP contribution in [0.2, 0.25) is 10.0 Å². The quantitative estimate of drug-likeness (QED) is 0.0470. The third-order valence-electron chi connectivity index (χ3n) is 11.3. The molecule has 374 valence electrons. The standard InChI is InChI=1S/C26H29ClN4O4S.C26H29ClN4O3S/c1-3-34-16-21(17-35-4-2)31-24-20(15-30(26(31)32)23-13-9-8-12-22(23)27)14-28-25(29-24)36(33)18-19-10-6-5-7-11-19;1-3-33-16-21(17-34-4-2)31-24-20(15-30(26(31)32)23-13-9-8-12-22(23)27)14-28-25(29-24)35-18-19-10-6-5-7-11-19/h5-14,21H,3-4,15-18H2,1-2H3;5-14,21H,3-4,15-18H2,1-2H3. The summed E-state index contributed by atoms with van der Waals surface area (Å²) in [5.41, 5.74) is 4.88. The molecule has 6 aromatic rings. The van der Waals surface area contributed by atoms with Gasteiger partial charge in [-0.05, 0) is 63.1 Å². The van der Waals surface area contributed by atoms with Crippen LogP contribution in [0.5, 0.6) is 0 Å². The molecule has 0 bridgehead atoms. The lowest BCUT2D eigenvalue weighted by molar-refractivity contribution is 0.0758. The molecule has 4 amide bonds. The molecule has 19 heteroatoms. The van der Waals surface area contributed by atoms with Gasteiger partial charge in [-0.1, -0.05) is 120 Å². The summed E-state index contributed by atoms with van der Waals surface area (Å²) < 4.78 is 36.0. The van der Waals surface area contributed by atoms with E-state index in [1.807, 2.05) is 107 Å². The lowest BCUT2D eigenvalue weighted by Gasteiger charge is -2.40. The van der Waals surface area contributed by atoms with Gasteiger partial charge in [0.05, 0.1) is 89.6 Å². The number of nitrogens with zero attached hydrogens (tertiary/aromatic N) is 8. The molecule has 0 aliphatic carbocycles. The van der Waals surface area contributed by atoms with E-state index < -0.39 is 16.8 Å². The van der Waals surface area contributed by atoms with Crippen molar-refractivity contribution in [1.29, 1.82) is 0 Å². The molecule has 0 saturated heterocycles. The van der Waals surface area contributed by atoms with Crippen molar-refractivity contribution in [2.45, 2.75) is 74.7 Å². The summed E-state index contributed by atoms with van der Waals surface area (Å²) in [6, 6.07) is 32.9. The highest BCUT2D eigenvalue weighted by Gasteiger charge is 2.40. The Labute approximate surface area is 432 Å². The van der Waals surface area contributed by atoms with Crippen LogP contribution < -0.4 is 19.6 Å². The summed E-state index contributed by atoms with van der Waals surface area (Å²) in [5.74, 6) is 2.02. The number of hydrogen-bond acceptors (Lipinski definition) is 12. The van der Waals surface area contributed by atoms with E-state index in [1.54, 1.807) is 50.2 Å². The third kappa shape index (κ3) is 13.7. The van der Waals surface area contributed by atoms with Gasteiger partial charge in [0, 0.05) is 55.7 Å². The first kappa shape index (κ1) is 53.3. The summed E-state index contributed by atoms with van der Waals surface area (Å²) in [6.45, 7) is 11.4. The molecular formula is C52H58Cl2N8O7S2. The molecule has 0 saturated carbocycles. The molecule has 8 rings (SSSR count). The van der Waals surface area contributed by atoms with Gasteiger partial charge >= 0.3 is 12.1 Å². The highest BCUT2D eigenvalue weighted by molar-refractivity contribution is 7.98. The van der Waals surface area contributed by atoms with Gasteiger partial charge in [-0.3, -0.25) is 23.8 Å². The molecule has 4 aromatic carbocycles. The van der Waals surface area contributed by atoms with Crippen LogP contribution in [0, 0.1) is 0 Å². The number of anilines is 4. The Morgan fingerprint density at radius 3 is 1.46 bits per heavy atom. The maximum atomic E-state index is 13.9. The molecule has 2 aromatic heterocycles. The van der Waals surface area contributed by atoms with Gasteiger partial charge in [-0.15, -0.1) is 0 Å². The molecule has 1 atom stereocenters. The van der Waals surface area contributed by atoms with E-state index in [9.17, 15) is 13.8 Å². The number of urea groups is 2. The zero-order valence-electron chi connectivity index (χ0n) is 40.2. The van der Waals surface area contributed by atoms with E-state index in [2.05, 4.69) is 27.1 Å². The number of thioether (sulfide) groups is 1. The molecule has 0 N–H and O–H groups in total. The maximum Gasteiger partial charge on any atom is 0.330 e. The lowest BCUT2D eigenvalue weighted by atomic mass is 10.1. The Bertz CT molecular complexity index is 2700. The van der Waals surface area contributed by atoms with Crippen molar-refractivity contribution < 1.29 is 32.7 Å². The fraction of sp³-hybridized carbons (Fsp3) is 0.346. The van der Waals surface area contributed by atoms with Crippen LogP contribution in [0.3, 0.4) is 0 Å². The Hall–Kier alpha value is -5.50. The minimum atomic E-state index is -1.49. The first-order valence-electron chi connectivity index (χ1n) is 23.5. The minimum Gasteiger partial charge on any atom is -0.379 e. The van der Waals surface area contributed by atoms with Gasteiger partial charge in [-0.2, -0.15) is 0 Å². The number of carbonyl (C=O) groups is 2. The van der Waals surface area contributed by atoms with Gasteiger partial charge in [-0.25, -0.2) is 29.5 Å². The first-order chi connectivity index (χ1) is 34.6. The average Bonchev–Trinajstić information content (AvgIpc) is 3.39. The normalized spacial score (nSPS) is 13.9. The molecule has 15 nitrogen and oxygen atoms in total. The number of aromatic nitrogens is 4. The predicted molar refractivity (Wildman–Crippen MR) is 281 cm³/mol. The van der Waals surface area contributed by atoms with Crippen LogP contribution in [0.15, 0.2) is 132 Å². The van der Waals surface area contributed by atoms with E-state index in [4.69, 9.17) is 47.1 Å². The summed E-state index contributed by atoms with van der Waals surface area (Å²) in [4.78, 5) is 52.8. The second-order valence-electron chi connectivity index (χ2n) is 16.1. The molecule has 71 heavy (non-hydrogen) atoms. The Morgan fingerprint density at radius 1 is 0.577 bits per heavy atom. The molecule has 2 aliphatic heterocycles. The number of rotatable bonds is 22. The molecule has 0 fully saturated rings. The highest BCUT2D eigenvalue weighted by atomic mass is 35.5. The summed E-state index contributed by atoms with van der Waals surface area (Å²) >= 11 is 14.5. The van der Waals surface area contributed by atoms with Crippen molar-refractivity contribution in [2.24, 2.45) is 0 Å². The smallest absolute Gasteiger partial charge is 0.330 e. The van der Waals surface area contributed by atoms with Crippen molar-refractivity contribution >= 4 is 80.8 Å². The van der Waals surface area contributed by atoms with Crippen LogP contribution in [-0.2, 0) is 54.3 Å². The van der Waals surface area contributed by atoms with Gasteiger partial charge < -0.3 is 18.9 Å². The first-order valence-corrected chi connectivity index (χ1v) is 26.5. The summed E-state index contributed by atoms with van der Waals surface area (Å²) in [7, 11) is -1.49. The van der Waals surface area contributed by atoms with Gasteiger partial charge in [0.1, 0.15) is 11.6 Å². The Balaban J connectivity index is 0.000000209. The fourth-order valence-electron chi connectivity index (χ4n) is 7.80. The number of amides is 4. The maximum absolute atomic E-state index is 13.9. The zero-order chi connectivity index (χ0) is 50.1. The van der Waals surface area contributed by atoms with E-state index in [0.717, 1.165) is 16.9 Å². The van der Waals surface area contributed by atoms with E-state index in [1.165, 1.54) is 17.3 Å². The van der Waals surface area contributed by atoms with Gasteiger partial charge in [0.2, 0.25) is 5.16 Å². The highest BCUT2D eigenvalue weighted by Crippen LogP contribution is 2.38. The van der Waals surface area contributed by atoms with E-state index >= 15 is 0 Å². The lowest BCUT2D eigenvalue weighted by Crippen LogP contribution is -2.55. The minimum absolute atomic E-state index is 0.174. The van der Waals surface area contributed by atoms with Gasteiger partial charge in [0.25, 0.3) is 0 Å². The summed E-state index contributed by atoms with van der Waals surface area (Å²) in [5, 5.41) is 1.75. The number of hydrogen-bond donors (Lipinski definition) is 0. The fourth-order valence-corrected chi connectivity index (χ4v) is 10.0. The van der Waals surface area contributed by atoms with Crippen molar-refractivity contribution in [3.63, 3.8) is 0 Å². The summed E-state index contributed by atoms with van der Waals surface area (Å²) in [6.07, 6.45) is 3.44. The monoisotopic (exact) mass is 1040 g/mol. The predicted octanol–water partition coefficient (Wildman–Crippen LogP) is 10.6. The average molecular weight is 1040 g/mol. The number of para-hydroxylation sites is 2. The van der Waals surface area contributed by atoms with Crippen LogP contribution in [-0.4, -0.2) is 101 Å². The molecule has 2 aliphatic rings. The van der Waals surface area contributed by atoms with Crippen LogP contribution in [0.4, 0.5) is 32.6 Å². The number of carbonyl (C=O) groups excluding carboxylic acids is 2. The van der Waals surface area contributed by atoms with Crippen LogP contribution in [0.1, 0.15) is 49.9 Å². The number of ether oxygens (including phenoxy) is 4. The molecule has 0 spiro atoms. The third-order valence-corrected chi connectivity index (χ3v) is 14.0. The SMILES string of the molecule is CCOCC(COCC)N1C(=O)N(c2ccccc2Cl)Cc2cnc(S(=O)Cc3ccccc3)nc21.CCOCC(COCC)N1C(=O)N(c2ccccc2Cl)Cc2cnc(SCc3ccccc3)nc21. The largest absolute Gasteiger partial charge is 0.379 e. The zero-order valence-corrected chi connectivity index (χ0v) is 43.3. The van der Waals surface area contributed by atoms with Crippen LogP contribution in [0.25, 0.3) is 0 Å². The van der Waals surface area contributed by atoms with Crippen molar-refractivity contribution in [3.8, 4) is 0 Å². The van der Waals surface area contributed by atoms with Crippen molar-refractivity contribution in [3.05, 3.63) is 154 Å².